The van der Waals surface area contributed by atoms with Gasteiger partial charge in [0.1, 0.15) is 0 Å². The molecule has 4 aromatic heterocycles. The van der Waals surface area contributed by atoms with Crippen LogP contribution < -0.4 is 0 Å². The largest absolute Gasteiger partial charge is 0.380 e. The quantitative estimate of drug-likeness (QED) is 0.150. The van der Waals surface area contributed by atoms with E-state index in [1.54, 1.807) is 52.5 Å². The summed E-state index contributed by atoms with van der Waals surface area (Å²) in [6.45, 7) is 0. The third-order valence-electron chi connectivity index (χ3n) is 5.72. The third-order valence-corrected chi connectivity index (χ3v) is 10.7. The van der Waals surface area contributed by atoms with Crippen molar-refractivity contribution >= 4 is 67.6 Å². The van der Waals surface area contributed by atoms with Crippen molar-refractivity contribution in [1.29, 1.82) is 0 Å². The molecular formula is C26H14F6S5. The third kappa shape index (κ3) is 4.33. The molecule has 0 nitrogen and oxygen atoms in total. The Labute approximate surface area is 229 Å². The SMILES string of the molecule is C#CS/C(=C\CC1=C(c2cc(-c3cccs3)sc2-c2cccs2)C(F)(F)C(F)(F)C1(F)F)c1cccs1. The Morgan fingerprint density at radius 1 is 0.865 bits per heavy atom. The molecule has 1 aliphatic rings. The van der Waals surface area contributed by atoms with E-state index in [2.05, 4.69) is 5.25 Å². The second-order valence-electron chi connectivity index (χ2n) is 7.85. The van der Waals surface area contributed by atoms with E-state index in [0.717, 1.165) is 28.0 Å². The van der Waals surface area contributed by atoms with E-state index in [4.69, 9.17) is 6.42 Å². The first kappa shape index (κ1) is 26.4. The van der Waals surface area contributed by atoms with Gasteiger partial charge in [-0.25, -0.2) is 0 Å². The Balaban J connectivity index is 1.75. The zero-order valence-electron chi connectivity index (χ0n) is 18.4. The molecule has 0 aromatic carbocycles. The van der Waals surface area contributed by atoms with Gasteiger partial charge in [-0.15, -0.1) is 51.8 Å². The molecule has 0 bridgehead atoms. The Morgan fingerprint density at radius 2 is 1.51 bits per heavy atom. The summed E-state index contributed by atoms with van der Waals surface area (Å²) in [4.78, 5) is 3.02. The highest BCUT2D eigenvalue weighted by molar-refractivity contribution is 8.12. The fraction of sp³-hybridized carbons (Fsp3) is 0.154. The first-order chi connectivity index (χ1) is 17.6. The molecule has 4 heterocycles. The zero-order chi connectivity index (χ0) is 26.4. The smallest absolute Gasteiger partial charge is 0.194 e. The van der Waals surface area contributed by atoms with Gasteiger partial charge in [0.05, 0.1) is 4.88 Å². The lowest BCUT2D eigenvalue weighted by Crippen LogP contribution is -2.49. The van der Waals surface area contributed by atoms with Gasteiger partial charge < -0.3 is 0 Å². The average molecular weight is 601 g/mol. The second-order valence-corrected chi connectivity index (χ2v) is 12.6. The van der Waals surface area contributed by atoms with E-state index < -0.39 is 35.3 Å². The van der Waals surface area contributed by atoms with Crippen molar-refractivity contribution in [2.45, 2.75) is 24.2 Å². The highest BCUT2D eigenvalue weighted by Crippen LogP contribution is 2.64. The molecule has 0 radical (unpaired) electrons. The van der Waals surface area contributed by atoms with Crippen LogP contribution in [0.5, 0.6) is 0 Å². The molecule has 0 unspecified atom stereocenters. The van der Waals surface area contributed by atoms with Gasteiger partial charge >= 0.3 is 17.8 Å². The lowest BCUT2D eigenvalue weighted by Gasteiger charge is -2.25. The highest BCUT2D eigenvalue weighted by atomic mass is 32.2. The average Bonchev–Trinajstić information content (AvgIpc) is 3.67. The van der Waals surface area contributed by atoms with Crippen molar-refractivity contribution in [1.82, 2.24) is 0 Å². The van der Waals surface area contributed by atoms with Crippen molar-refractivity contribution < 1.29 is 26.3 Å². The number of hydrogen-bond donors (Lipinski definition) is 0. The van der Waals surface area contributed by atoms with Gasteiger partial charge in [0, 0.05) is 41.1 Å². The molecule has 0 amide bonds. The van der Waals surface area contributed by atoms with Crippen LogP contribution in [0.15, 0.2) is 70.3 Å². The maximum Gasteiger partial charge on any atom is 0.380 e. The normalized spacial score (nSPS) is 18.4. The van der Waals surface area contributed by atoms with Crippen molar-refractivity contribution in [3.05, 3.63) is 80.7 Å². The molecule has 1 aliphatic carbocycles. The van der Waals surface area contributed by atoms with Crippen molar-refractivity contribution in [3.63, 3.8) is 0 Å². The summed E-state index contributed by atoms with van der Waals surface area (Å²) in [7, 11) is 0. The minimum Gasteiger partial charge on any atom is -0.194 e. The van der Waals surface area contributed by atoms with Gasteiger partial charge in [-0.1, -0.05) is 24.3 Å². The fourth-order valence-corrected chi connectivity index (χ4v) is 8.28. The molecule has 0 aliphatic heterocycles. The number of alkyl halides is 6. The number of terminal acetylenes is 1. The Bertz CT molecular complexity index is 1500. The van der Waals surface area contributed by atoms with E-state index in [1.165, 1.54) is 46.2 Å². The van der Waals surface area contributed by atoms with Gasteiger partial charge in [-0.2, -0.15) is 26.3 Å². The molecule has 4 aromatic rings. The lowest BCUT2D eigenvalue weighted by molar-refractivity contribution is -0.260. The number of thiophene rings is 4. The van der Waals surface area contributed by atoms with Gasteiger partial charge in [-0.05, 0) is 63.8 Å². The summed E-state index contributed by atoms with van der Waals surface area (Å²) in [6, 6.07) is 11.6. The number of rotatable bonds is 7. The number of thioether (sulfide) groups is 1. The molecule has 37 heavy (non-hydrogen) atoms. The maximum atomic E-state index is 15.4. The van der Waals surface area contributed by atoms with E-state index in [0.29, 0.717) is 19.5 Å². The van der Waals surface area contributed by atoms with Crippen molar-refractivity contribution in [2.24, 2.45) is 0 Å². The maximum absolute atomic E-state index is 15.4. The minimum absolute atomic E-state index is 0.250. The molecular weight excluding hydrogens is 587 g/mol. The van der Waals surface area contributed by atoms with E-state index in [-0.39, 0.29) is 10.4 Å². The first-order valence-corrected chi connectivity index (χ1v) is 14.8. The molecule has 5 rings (SSSR count). The van der Waals surface area contributed by atoms with Crippen LogP contribution in [0.1, 0.15) is 16.9 Å². The molecule has 0 saturated carbocycles. The summed E-state index contributed by atoms with van der Waals surface area (Å²) in [5, 5.41) is 7.57. The predicted molar refractivity (Wildman–Crippen MR) is 146 cm³/mol. The van der Waals surface area contributed by atoms with Crippen LogP contribution in [0.4, 0.5) is 26.3 Å². The number of allylic oxidation sites excluding steroid dienone is 3. The van der Waals surface area contributed by atoms with Crippen LogP contribution in [0, 0.1) is 11.7 Å². The molecule has 190 valence electrons. The number of halogens is 6. The Morgan fingerprint density at radius 3 is 2.11 bits per heavy atom. The summed E-state index contributed by atoms with van der Waals surface area (Å²) in [6.07, 6.45) is 5.80. The molecule has 0 fully saturated rings. The number of hydrogen-bond acceptors (Lipinski definition) is 5. The van der Waals surface area contributed by atoms with Crippen molar-refractivity contribution in [2.75, 3.05) is 0 Å². The summed E-state index contributed by atoms with van der Waals surface area (Å²) in [5.41, 5.74) is -2.93. The van der Waals surface area contributed by atoms with Crippen LogP contribution in [0.25, 0.3) is 30.0 Å². The van der Waals surface area contributed by atoms with Crippen molar-refractivity contribution in [3.8, 4) is 31.2 Å². The van der Waals surface area contributed by atoms with E-state index >= 15 is 17.6 Å². The van der Waals surface area contributed by atoms with Crippen LogP contribution >= 0.6 is 57.1 Å². The molecule has 0 N–H and O–H groups in total. The van der Waals surface area contributed by atoms with E-state index in [1.807, 2.05) is 0 Å². The van der Waals surface area contributed by atoms with Gasteiger partial charge in [0.15, 0.2) is 0 Å². The predicted octanol–water partition coefficient (Wildman–Crippen LogP) is 10.7. The molecule has 0 atom stereocenters. The van der Waals surface area contributed by atoms with Gasteiger partial charge in [0.25, 0.3) is 0 Å². The van der Waals surface area contributed by atoms with Crippen LogP contribution in [-0.4, -0.2) is 17.8 Å². The fourth-order valence-electron chi connectivity index (χ4n) is 4.03. The molecule has 11 heteroatoms. The summed E-state index contributed by atoms with van der Waals surface area (Å²) < 4.78 is 90.8. The van der Waals surface area contributed by atoms with Crippen LogP contribution in [-0.2, 0) is 0 Å². The Hall–Kier alpha value is -2.23. The Kier molecular flexibility index (Phi) is 7.00. The highest BCUT2D eigenvalue weighted by Gasteiger charge is 2.79. The van der Waals surface area contributed by atoms with Crippen LogP contribution in [0.2, 0.25) is 0 Å². The molecule has 0 saturated heterocycles. The lowest BCUT2D eigenvalue weighted by atomic mass is 9.97. The monoisotopic (exact) mass is 600 g/mol. The zero-order valence-corrected chi connectivity index (χ0v) is 22.5. The first-order valence-electron chi connectivity index (χ1n) is 10.6. The second kappa shape index (κ2) is 9.82. The molecule has 0 spiro atoms. The summed E-state index contributed by atoms with van der Waals surface area (Å²) >= 11 is 5.83. The van der Waals surface area contributed by atoms with Gasteiger partial charge in [-0.3, -0.25) is 0 Å². The van der Waals surface area contributed by atoms with Gasteiger partial charge in [0.2, 0.25) is 0 Å². The van der Waals surface area contributed by atoms with E-state index in [9.17, 15) is 8.78 Å². The minimum atomic E-state index is -5.60. The standard InChI is InChI=1S/C26H14F6S5/c1-2-33-19(17-6-3-11-34-17)10-9-16-22(25(29,30)26(31,32)24(16,27)28)15-14-21(18-7-4-12-35-18)37-23(15)20-8-5-13-36-20/h1,3-8,10-14H,9H2/b19-10-. The topological polar surface area (TPSA) is 0 Å². The van der Waals surface area contributed by atoms with Crippen LogP contribution in [0.3, 0.4) is 0 Å². The summed E-state index contributed by atoms with van der Waals surface area (Å²) in [5.74, 6) is -15.8.